The number of thiazole rings is 1. The van der Waals surface area contributed by atoms with Gasteiger partial charge in [0.05, 0.1) is 18.4 Å². The van der Waals surface area contributed by atoms with Gasteiger partial charge in [0, 0.05) is 10.9 Å². The number of nitrogens with one attached hydrogen (secondary N) is 1. The molecule has 1 amide bonds. The molecule has 0 radical (unpaired) electrons. The van der Waals surface area contributed by atoms with E-state index < -0.39 is 11.7 Å². The maximum atomic E-state index is 13.6. The summed E-state index contributed by atoms with van der Waals surface area (Å²) in [5.74, 6) is -0.389. The van der Waals surface area contributed by atoms with Crippen molar-refractivity contribution in [1.29, 1.82) is 0 Å². The van der Waals surface area contributed by atoms with E-state index in [1.807, 2.05) is 29.6 Å². The van der Waals surface area contributed by atoms with Gasteiger partial charge in [0.25, 0.3) is 5.91 Å². The normalized spacial score (nSPS) is 10.3. The molecule has 0 spiro atoms. The van der Waals surface area contributed by atoms with Crippen molar-refractivity contribution < 1.29 is 13.9 Å². The highest BCUT2D eigenvalue weighted by Gasteiger charge is 2.14. The van der Waals surface area contributed by atoms with Crippen LogP contribution in [0.4, 0.5) is 9.52 Å². The van der Waals surface area contributed by atoms with E-state index in [0.717, 1.165) is 5.56 Å². The van der Waals surface area contributed by atoms with Crippen LogP contribution in [0.3, 0.4) is 0 Å². The first kappa shape index (κ1) is 15.2. The molecule has 4 nitrogen and oxygen atoms in total. The monoisotopic (exact) mass is 328 g/mol. The van der Waals surface area contributed by atoms with E-state index in [0.29, 0.717) is 16.6 Å². The molecule has 1 heterocycles. The fraction of sp³-hybridized carbons (Fsp3) is 0.0588. The minimum absolute atomic E-state index is 0.0125. The molecule has 116 valence electrons. The molecule has 0 saturated heterocycles. The molecular weight excluding hydrogens is 315 g/mol. The molecule has 0 fully saturated rings. The average Bonchev–Trinajstić information content (AvgIpc) is 3.03. The zero-order chi connectivity index (χ0) is 16.2. The van der Waals surface area contributed by atoms with Gasteiger partial charge in [-0.3, -0.25) is 10.1 Å². The van der Waals surface area contributed by atoms with Gasteiger partial charge in [0.15, 0.2) is 5.13 Å². The van der Waals surface area contributed by atoms with Gasteiger partial charge in [-0.1, -0.05) is 24.3 Å². The van der Waals surface area contributed by atoms with Gasteiger partial charge in [-0.05, 0) is 24.3 Å². The van der Waals surface area contributed by atoms with E-state index in [-0.39, 0.29) is 5.56 Å². The number of methoxy groups -OCH3 is 1. The largest absolute Gasteiger partial charge is 0.496 e. The number of nitrogens with zero attached hydrogens (tertiary/aromatic N) is 1. The molecule has 0 saturated carbocycles. The molecule has 0 aliphatic heterocycles. The van der Waals surface area contributed by atoms with Crippen molar-refractivity contribution in [2.24, 2.45) is 0 Å². The lowest BCUT2D eigenvalue weighted by molar-refractivity contribution is 0.102. The van der Waals surface area contributed by atoms with Crippen molar-refractivity contribution in [3.63, 3.8) is 0 Å². The van der Waals surface area contributed by atoms with E-state index in [1.54, 1.807) is 13.2 Å². The summed E-state index contributed by atoms with van der Waals surface area (Å²) in [6.07, 6.45) is 0. The van der Waals surface area contributed by atoms with Gasteiger partial charge in [-0.25, -0.2) is 9.37 Å². The number of aromatic nitrogens is 1. The van der Waals surface area contributed by atoms with E-state index in [9.17, 15) is 9.18 Å². The number of ether oxygens (including phenoxy) is 1. The van der Waals surface area contributed by atoms with Gasteiger partial charge < -0.3 is 4.74 Å². The predicted octanol–water partition coefficient (Wildman–Crippen LogP) is 4.21. The maximum Gasteiger partial charge on any atom is 0.260 e. The Bertz CT molecular complexity index is 848. The number of hydrogen-bond donors (Lipinski definition) is 1. The van der Waals surface area contributed by atoms with Crippen LogP contribution in [0.5, 0.6) is 5.75 Å². The maximum absolute atomic E-state index is 13.6. The van der Waals surface area contributed by atoms with E-state index in [2.05, 4.69) is 10.3 Å². The molecule has 0 unspecified atom stereocenters. The average molecular weight is 328 g/mol. The van der Waals surface area contributed by atoms with E-state index >= 15 is 0 Å². The number of amides is 1. The molecular formula is C17H13FN2O2S. The Hall–Kier alpha value is -2.73. The lowest BCUT2D eigenvalue weighted by Crippen LogP contribution is -2.13. The predicted molar refractivity (Wildman–Crippen MR) is 88.5 cm³/mol. The minimum atomic E-state index is -0.563. The number of carbonyl (C=O) groups excluding carboxylic acids is 1. The molecule has 0 atom stereocenters. The highest BCUT2D eigenvalue weighted by molar-refractivity contribution is 7.14. The number of halogens is 1. The molecule has 0 aliphatic rings. The molecule has 1 aromatic heterocycles. The number of rotatable bonds is 4. The quantitative estimate of drug-likeness (QED) is 0.780. The standard InChI is InChI=1S/C17H13FN2O2S/c1-22-15-9-5-3-7-12(15)14-10-23-17(19-14)20-16(21)11-6-2-4-8-13(11)18/h2-10H,1H3,(H,19,20,21). The van der Waals surface area contributed by atoms with Crippen LogP contribution in [-0.2, 0) is 0 Å². The number of benzene rings is 2. The molecule has 0 bridgehead atoms. The van der Waals surface area contributed by atoms with Crippen LogP contribution in [0, 0.1) is 5.82 Å². The van der Waals surface area contributed by atoms with Crippen LogP contribution in [0.1, 0.15) is 10.4 Å². The highest BCUT2D eigenvalue weighted by atomic mass is 32.1. The Morgan fingerprint density at radius 1 is 1.17 bits per heavy atom. The van der Waals surface area contributed by atoms with Crippen LogP contribution in [0.25, 0.3) is 11.3 Å². The fourth-order valence-electron chi connectivity index (χ4n) is 2.12. The lowest BCUT2D eigenvalue weighted by Gasteiger charge is -2.05. The van der Waals surface area contributed by atoms with Crippen molar-refractivity contribution in [2.75, 3.05) is 12.4 Å². The number of hydrogen-bond acceptors (Lipinski definition) is 4. The molecule has 0 aliphatic carbocycles. The molecule has 3 aromatic rings. The van der Waals surface area contributed by atoms with Crippen LogP contribution in [0.2, 0.25) is 0 Å². The van der Waals surface area contributed by atoms with E-state index in [4.69, 9.17) is 4.74 Å². The SMILES string of the molecule is COc1ccccc1-c1csc(NC(=O)c2ccccc2F)n1. The Labute approximate surface area is 136 Å². The summed E-state index contributed by atoms with van der Waals surface area (Å²) in [5, 5.41) is 4.83. The molecule has 1 N–H and O–H groups in total. The summed E-state index contributed by atoms with van der Waals surface area (Å²) in [4.78, 5) is 16.5. The number of anilines is 1. The van der Waals surface area contributed by atoms with Crippen LogP contribution < -0.4 is 10.1 Å². The smallest absolute Gasteiger partial charge is 0.260 e. The third kappa shape index (κ3) is 3.22. The molecule has 2 aromatic carbocycles. The van der Waals surface area contributed by atoms with Gasteiger partial charge in [-0.2, -0.15) is 0 Å². The first-order chi connectivity index (χ1) is 11.2. The third-order valence-corrected chi connectivity index (χ3v) is 3.98. The Balaban J connectivity index is 1.83. The lowest BCUT2D eigenvalue weighted by atomic mass is 10.1. The zero-order valence-corrected chi connectivity index (χ0v) is 13.1. The Morgan fingerprint density at radius 3 is 2.70 bits per heavy atom. The van der Waals surface area contributed by atoms with Crippen molar-refractivity contribution in [1.82, 2.24) is 4.98 Å². The van der Waals surface area contributed by atoms with Crippen LogP contribution in [0.15, 0.2) is 53.9 Å². The van der Waals surface area contributed by atoms with Gasteiger partial charge >= 0.3 is 0 Å². The zero-order valence-electron chi connectivity index (χ0n) is 12.2. The van der Waals surface area contributed by atoms with Crippen molar-refractivity contribution >= 4 is 22.4 Å². The van der Waals surface area contributed by atoms with Crippen molar-refractivity contribution in [2.45, 2.75) is 0 Å². The highest BCUT2D eigenvalue weighted by Crippen LogP contribution is 2.32. The second kappa shape index (κ2) is 6.58. The van der Waals surface area contributed by atoms with Crippen LogP contribution in [-0.4, -0.2) is 18.0 Å². The Kier molecular flexibility index (Phi) is 4.34. The second-order valence-electron chi connectivity index (χ2n) is 4.67. The summed E-state index contributed by atoms with van der Waals surface area (Å²) >= 11 is 1.27. The third-order valence-electron chi connectivity index (χ3n) is 3.23. The first-order valence-electron chi connectivity index (χ1n) is 6.84. The summed E-state index contributed by atoms with van der Waals surface area (Å²) in [6, 6.07) is 13.3. The van der Waals surface area contributed by atoms with Crippen molar-refractivity contribution in [3.05, 3.63) is 65.3 Å². The summed E-state index contributed by atoms with van der Waals surface area (Å²) in [7, 11) is 1.59. The summed E-state index contributed by atoms with van der Waals surface area (Å²) in [6.45, 7) is 0. The number of carbonyl (C=O) groups is 1. The topological polar surface area (TPSA) is 51.2 Å². The molecule has 6 heteroatoms. The second-order valence-corrected chi connectivity index (χ2v) is 5.53. The fourth-order valence-corrected chi connectivity index (χ4v) is 2.83. The van der Waals surface area contributed by atoms with Crippen LogP contribution >= 0.6 is 11.3 Å². The first-order valence-corrected chi connectivity index (χ1v) is 7.72. The van der Waals surface area contributed by atoms with Crippen molar-refractivity contribution in [3.8, 4) is 17.0 Å². The van der Waals surface area contributed by atoms with Gasteiger partial charge in [0.1, 0.15) is 11.6 Å². The molecule has 3 rings (SSSR count). The number of para-hydroxylation sites is 1. The van der Waals surface area contributed by atoms with Gasteiger partial charge in [0.2, 0.25) is 0 Å². The summed E-state index contributed by atoms with van der Waals surface area (Å²) in [5.41, 5.74) is 1.51. The van der Waals surface area contributed by atoms with E-state index in [1.165, 1.54) is 29.5 Å². The Morgan fingerprint density at radius 2 is 1.91 bits per heavy atom. The summed E-state index contributed by atoms with van der Waals surface area (Å²) < 4.78 is 18.9. The minimum Gasteiger partial charge on any atom is -0.496 e. The molecule has 23 heavy (non-hydrogen) atoms. The van der Waals surface area contributed by atoms with Gasteiger partial charge in [-0.15, -0.1) is 11.3 Å².